The minimum Gasteiger partial charge on any atom is -0.466 e. The number of esters is 1. The summed E-state index contributed by atoms with van der Waals surface area (Å²) in [6.07, 6.45) is 5.51. The maximum Gasteiger partial charge on any atom is 0.309 e. The zero-order valence-corrected chi connectivity index (χ0v) is 13.5. The summed E-state index contributed by atoms with van der Waals surface area (Å²) in [5.41, 5.74) is 2.36. The van der Waals surface area contributed by atoms with Gasteiger partial charge < -0.3 is 4.74 Å². The SMILES string of the molecule is CCOC(=O)C1CCN(Cc2ccc(-n3cccn3)cc2)CC1. The van der Waals surface area contributed by atoms with Gasteiger partial charge in [0.15, 0.2) is 0 Å². The van der Waals surface area contributed by atoms with E-state index in [4.69, 9.17) is 4.74 Å². The lowest BCUT2D eigenvalue weighted by molar-refractivity contribution is -0.149. The Morgan fingerprint density at radius 3 is 2.61 bits per heavy atom. The molecular weight excluding hydrogens is 290 g/mol. The smallest absolute Gasteiger partial charge is 0.309 e. The van der Waals surface area contributed by atoms with Gasteiger partial charge in [0.25, 0.3) is 0 Å². The molecule has 1 aromatic heterocycles. The van der Waals surface area contributed by atoms with Crippen LogP contribution in [0.1, 0.15) is 25.3 Å². The number of rotatable bonds is 5. The van der Waals surface area contributed by atoms with Crippen LogP contribution >= 0.6 is 0 Å². The van der Waals surface area contributed by atoms with E-state index in [1.54, 1.807) is 6.20 Å². The van der Waals surface area contributed by atoms with Crippen LogP contribution in [-0.2, 0) is 16.1 Å². The third kappa shape index (κ3) is 3.99. The maximum atomic E-state index is 11.8. The average Bonchev–Trinajstić information content (AvgIpc) is 3.11. The molecule has 0 spiro atoms. The molecule has 0 saturated carbocycles. The van der Waals surface area contributed by atoms with Crippen molar-refractivity contribution in [1.29, 1.82) is 0 Å². The van der Waals surface area contributed by atoms with Crippen molar-refractivity contribution in [2.45, 2.75) is 26.3 Å². The van der Waals surface area contributed by atoms with E-state index >= 15 is 0 Å². The quantitative estimate of drug-likeness (QED) is 0.796. The number of carbonyl (C=O) groups is 1. The molecule has 5 nitrogen and oxygen atoms in total. The van der Waals surface area contributed by atoms with Crippen molar-refractivity contribution in [2.24, 2.45) is 5.92 Å². The Morgan fingerprint density at radius 2 is 2.00 bits per heavy atom. The molecule has 1 saturated heterocycles. The van der Waals surface area contributed by atoms with E-state index in [2.05, 4.69) is 34.3 Å². The van der Waals surface area contributed by atoms with E-state index in [1.165, 1.54) is 5.56 Å². The summed E-state index contributed by atoms with van der Waals surface area (Å²) in [6.45, 7) is 5.16. The highest BCUT2D eigenvalue weighted by molar-refractivity contribution is 5.72. The standard InChI is InChI=1S/C18H23N3O2/c1-2-23-18(22)16-8-12-20(13-9-16)14-15-4-6-17(7-5-15)21-11-3-10-19-21/h3-7,10-11,16H,2,8-9,12-14H2,1H3. The Kier molecular flexibility index (Phi) is 5.08. The Morgan fingerprint density at radius 1 is 1.26 bits per heavy atom. The van der Waals surface area contributed by atoms with Gasteiger partial charge in [-0.25, -0.2) is 4.68 Å². The third-order valence-corrected chi connectivity index (χ3v) is 4.32. The Balaban J connectivity index is 1.52. The van der Waals surface area contributed by atoms with Crippen molar-refractivity contribution in [3.8, 4) is 5.69 Å². The molecule has 1 aromatic carbocycles. The number of hydrogen-bond acceptors (Lipinski definition) is 4. The molecule has 122 valence electrons. The van der Waals surface area contributed by atoms with Crippen LogP contribution in [0, 0.1) is 5.92 Å². The molecule has 2 heterocycles. The van der Waals surface area contributed by atoms with Crippen molar-refractivity contribution in [3.63, 3.8) is 0 Å². The number of piperidine rings is 1. The van der Waals surface area contributed by atoms with Crippen LogP contribution in [0.3, 0.4) is 0 Å². The molecule has 1 aliphatic rings. The van der Waals surface area contributed by atoms with Crippen molar-refractivity contribution >= 4 is 5.97 Å². The molecule has 3 rings (SSSR count). The lowest BCUT2D eigenvalue weighted by Crippen LogP contribution is -2.36. The summed E-state index contributed by atoms with van der Waals surface area (Å²) >= 11 is 0. The molecule has 0 amide bonds. The lowest BCUT2D eigenvalue weighted by Gasteiger charge is -2.30. The summed E-state index contributed by atoms with van der Waals surface area (Å²) in [5, 5.41) is 4.23. The summed E-state index contributed by atoms with van der Waals surface area (Å²) in [7, 11) is 0. The molecule has 0 atom stereocenters. The number of aromatic nitrogens is 2. The fourth-order valence-corrected chi connectivity index (χ4v) is 3.02. The Hall–Kier alpha value is -2.14. The van der Waals surface area contributed by atoms with Crippen LogP contribution in [0.15, 0.2) is 42.7 Å². The van der Waals surface area contributed by atoms with Gasteiger partial charge in [-0.05, 0) is 56.6 Å². The molecule has 0 radical (unpaired) electrons. The number of nitrogens with zero attached hydrogens (tertiary/aromatic N) is 3. The van der Waals surface area contributed by atoms with Crippen LogP contribution in [0.2, 0.25) is 0 Å². The molecular formula is C18H23N3O2. The lowest BCUT2D eigenvalue weighted by atomic mass is 9.96. The average molecular weight is 313 g/mol. The van der Waals surface area contributed by atoms with Crippen LogP contribution in [0.4, 0.5) is 0 Å². The highest BCUT2D eigenvalue weighted by Crippen LogP contribution is 2.20. The highest BCUT2D eigenvalue weighted by Gasteiger charge is 2.25. The van der Waals surface area contributed by atoms with Crippen molar-refractivity contribution in [3.05, 3.63) is 48.3 Å². The van der Waals surface area contributed by atoms with Gasteiger partial charge in [0.05, 0.1) is 18.2 Å². The fraction of sp³-hybridized carbons (Fsp3) is 0.444. The van der Waals surface area contributed by atoms with Crippen molar-refractivity contribution in [1.82, 2.24) is 14.7 Å². The summed E-state index contributed by atoms with van der Waals surface area (Å²) in [6, 6.07) is 10.4. The first-order chi connectivity index (χ1) is 11.3. The van der Waals surface area contributed by atoms with Gasteiger partial charge in [-0.15, -0.1) is 0 Å². The first-order valence-electron chi connectivity index (χ1n) is 8.24. The molecule has 0 unspecified atom stereocenters. The topological polar surface area (TPSA) is 47.4 Å². The number of carbonyl (C=O) groups excluding carboxylic acids is 1. The van der Waals surface area contributed by atoms with E-state index in [0.717, 1.165) is 38.2 Å². The van der Waals surface area contributed by atoms with Gasteiger partial charge in [0.2, 0.25) is 0 Å². The normalized spacial score (nSPS) is 16.4. The largest absolute Gasteiger partial charge is 0.466 e. The van der Waals surface area contributed by atoms with Crippen molar-refractivity contribution < 1.29 is 9.53 Å². The first-order valence-corrected chi connectivity index (χ1v) is 8.24. The predicted molar refractivity (Wildman–Crippen MR) is 88.2 cm³/mol. The fourth-order valence-electron chi connectivity index (χ4n) is 3.02. The second-order valence-electron chi connectivity index (χ2n) is 5.92. The first kappa shape index (κ1) is 15.7. The van der Waals surface area contributed by atoms with E-state index < -0.39 is 0 Å². The Bertz CT molecular complexity index is 614. The molecule has 0 N–H and O–H groups in total. The number of likely N-dealkylation sites (tertiary alicyclic amines) is 1. The van der Waals surface area contributed by atoms with Crippen LogP contribution < -0.4 is 0 Å². The van der Waals surface area contributed by atoms with Gasteiger partial charge in [-0.3, -0.25) is 9.69 Å². The molecule has 1 fully saturated rings. The maximum absolute atomic E-state index is 11.8. The molecule has 1 aliphatic heterocycles. The van der Waals surface area contributed by atoms with Crippen LogP contribution in [-0.4, -0.2) is 40.3 Å². The monoisotopic (exact) mass is 313 g/mol. The molecule has 23 heavy (non-hydrogen) atoms. The molecule has 0 aliphatic carbocycles. The molecule has 2 aromatic rings. The van der Waals surface area contributed by atoms with E-state index in [-0.39, 0.29) is 11.9 Å². The van der Waals surface area contributed by atoms with E-state index in [9.17, 15) is 4.79 Å². The Labute approximate surface area is 136 Å². The summed E-state index contributed by atoms with van der Waals surface area (Å²) < 4.78 is 6.97. The van der Waals surface area contributed by atoms with Gasteiger partial charge >= 0.3 is 5.97 Å². The number of benzene rings is 1. The van der Waals surface area contributed by atoms with Gasteiger partial charge in [-0.1, -0.05) is 12.1 Å². The second kappa shape index (κ2) is 7.42. The third-order valence-electron chi connectivity index (χ3n) is 4.32. The predicted octanol–water partition coefficient (Wildman–Crippen LogP) is 2.65. The summed E-state index contributed by atoms with van der Waals surface area (Å²) in [5.74, 6) is 0.0455. The number of ether oxygens (including phenoxy) is 1. The minimum absolute atomic E-state index is 0.0317. The zero-order valence-electron chi connectivity index (χ0n) is 13.5. The zero-order chi connectivity index (χ0) is 16.1. The van der Waals surface area contributed by atoms with E-state index in [0.29, 0.717) is 6.61 Å². The van der Waals surface area contributed by atoms with Crippen molar-refractivity contribution in [2.75, 3.05) is 19.7 Å². The van der Waals surface area contributed by atoms with Crippen LogP contribution in [0.5, 0.6) is 0 Å². The minimum atomic E-state index is -0.0317. The molecule has 0 bridgehead atoms. The van der Waals surface area contributed by atoms with Gasteiger partial charge in [0.1, 0.15) is 0 Å². The highest BCUT2D eigenvalue weighted by atomic mass is 16.5. The summed E-state index contributed by atoms with van der Waals surface area (Å²) in [4.78, 5) is 14.2. The van der Waals surface area contributed by atoms with Gasteiger partial charge in [0, 0.05) is 18.9 Å². The second-order valence-corrected chi connectivity index (χ2v) is 5.92. The van der Waals surface area contributed by atoms with Gasteiger partial charge in [-0.2, -0.15) is 5.10 Å². The molecule has 5 heteroatoms. The van der Waals surface area contributed by atoms with E-state index in [1.807, 2.05) is 23.9 Å². The number of hydrogen-bond donors (Lipinski definition) is 0. The van der Waals surface area contributed by atoms with Crippen LogP contribution in [0.25, 0.3) is 5.69 Å².